The second-order valence-corrected chi connectivity index (χ2v) is 8.34. The summed E-state index contributed by atoms with van der Waals surface area (Å²) in [7, 11) is 0. The number of amides is 2. The van der Waals surface area contributed by atoms with Crippen molar-refractivity contribution in [3.8, 4) is 0 Å². The summed E-state index contributed by atoms with van der Waals surface area (Å²) in [6, 6.07) is 10.2. The molecule has 0 atom stereocenters. The van der Waals surface area contributed by atoms with E-state index in [1.54, 1.807) is 0 Å². The first kappa shape index (κ1) is 22.3. The molecule has 8 nitrogen and oxygen atoms in total. The zero-order valence-corrected chi connectivity index (χ0v) is 18.5. The van der Waals surface area contributed by atoms with Gasteiger partial charge in [-0.05, 0) is 18.9 Å². The predicted molar refractivity (Wildman–Crippen MR) is 117 cm³/mol. The van der Waals surface area contributed by atoms with Gasteiger partial charge in [0.1, 0.15) is 5.82 Å². The number of carbonyl (C=O) groups excluding carboxylic acids is 2. The van der Waals surface area contributed by atoms with Gasteiger partial charge < -0.3 is 14.8 Å². The van der Waals surface area contributed by atoms with Crippen molar-refractivity contribution in [1.82, 2.24) is 29.9 Å². The average Bonchev–Trinajstić information content (AvgIpc) is 3.11. The minimum atomic E-state index is 0.0558. The molecule has 1 aromatic heterocycles. The molecule has 3 rings (SSSR count). The van der Waals surface area contributed by atoms with Crippen LogP contribution in [0.5, 0.6) is 0 Å². The summed E-state index contributed by atoms with van der Waals surface area (Å²) >= 11 is 1.43. The SMILES string of the molecule is CCCNC(=O)CN1CCN(C(=O)CSc2nnc(C)n2Cc2ccccc2)CC1. The summed E-state index contributed by atoms with van der Waals surface area (Å²) in [6.45, 7) is 8.51. The van der Waals surface area contributed by atoms with Gasteiger partial charge in [0.2, 0.25) is 11.8 Å². The molecule has 0 unspecified atom stereocenters. The summed E-state index contributed by atoms with van der Waals surface area (Å²) in [5.41, 5.74) is 1.17. The molecule has 0 spiro atoms. The number of piperazine rings is 1. The highest BCUT2D eigenvalue weighted by molar-refractivity contribution is 7.99. The molecule has 162 valence electrons. The lowest BCUT2D eigenvalue weighted by Gasteiger charge is -2.34. The molecule has 1 saturated heterocycles. The fourth-order valence-corrected chi connectivity index (χ4v) is 4.20. The predicted octanol–water partition coefficient (Wildman–Crippen LogP) is 1.40. The van der Waals surface area contributed by atoms with Crippen LogP contribution in [0.1, 0.15) is 24.7 Å². The first-order valence-electron chi connectivity index (χ1n) is 10.4. The number of aromatic nitrogens is 3. The van der Waals surface area contributed by atoms with Crippen LogP contribution in [0.25, 0.3) is 0 Å². The molecule has 1 fully saturated rings. The van der Waals surface area contributed by atoms with Gasteiger partial charge in [0, 0.05) is 32.7 Å². The van der Waals surface area contributed by atoms with E-state index in [2.05, 4.69) is 32.5 Å². The van der Waals surface area contributed by atoms with Crippen molar-refractivity contribution < 1.29 is 9.59 Å². The van der Waals surface area contributed by atoms with E-state index in [9.17, 15) is 9.59 Å². The molecular weight excluding hydrogens is 400 g/mol. The van der Waals surface area contributed by atoms with Crippen molar-refractivity contribution in [3.05, 3.63) is 41.7 Å². The molecule has 30 heavy (non-hydrogen) atoms. The molecule has 0 radical (unpaired) electrons. The monoisotopic (exact) mass is 430 g/mol. The van der Waals surface area contributed by atoms with Crippen LogP contribution in [0.15, 0.2) is 35.5 Å². The Kier molecular flexibility index (Phi) is 8.27. The summed E-state index contributed by atoms with van der Waals surface area (Å²) in [5.74, 6) is 1.33. The number of hydrogen-bond donors (Lipinski definition) is 1. The van der Waals surface area contributed by atoms with Gasteiger partial charge in [-0.2, -0.15) is 0 Å². The summed E-state index contributed by atoms with van der Waals surface area (Å²) < 4.78 is 2.04. The van der Waals surface area contributed by atoms with Gasteiger partial charge in [0.25, 0.3) is 0 Å². The number of rotatable bonds is 9. The average molecular weight is 431 g/mol. The molecule has 0 aliphatic carbocycles. The van der Waals surface area contributed by atoms with E-state index >= 15 is 0 Å². The maximum atomic E-state index is 12.7. The summed E-state index contributed by atoms with van der Waals surface area (Å²) in [5, 5.41) is 12.1. The first-order valence-corrected chi connectivity index (χ1v) is 11.4. The van der Waals surface area contributed by atoms with E-state index < -0.39 is 0 Å². The van der Waals surface area contributed by atoms with Crippen molar-refractivity contribution in [2.24, 2.45) is 0 Å². The van der Waals surface area contributed by atoms with Crippen LogP contribution < -0.4 is 5.32 Å². The fourth-order valence-electron chi connectivity index (χ4n) is 3.31. The van der Waals surface area contributed by atoms with Crippen LogP contribution in [0.2, 0.25) is 0 Å². The van der Waals surface area contributed by atoms with Gasteiger partial charge in [-0.25, -0.2) is 0 Å². The van der Waals surface area contributed by atoms with Crippen LogP contribution in [-0.4, -0.2) is 81.4 Å². The third-order valence-corrected chi connectivity index (χ3v) is 6.03. The number of aryl methyl sites for hydroxylation is 1. The van der Waals surface area contributed by atoms with E-state index in [4.69, 9.17) is 0 Å². The highest BCUT2D eigenvalue weighted by atomic mass is 32.2. The molecule has 0 bridgehead atoms. The zero-order chi connectivity index (χ0) is 21.3. The second kappa shape index (κ2) is 11.1. The van der Waals surface area contributed by atoms with Crippen molar-refractivity contribution >= 4 is 23.6 Å². The molecule has 9 heteroatoms. The maximum Gasteiger partial charge on any atom is 0.234 e. The van der Waals surface area contributed by atoms with Crippen molar-refractivity contribution in [2.75, 3.05) is 45.0 Å². The highest BCUT2D eigenvalue weighted by Gasteiger charge is 2.23. The Labute approximate surface area is 182 Å². The summed E-state index contributed by atoms with van der Waals surface area (Å²) in [4.78, 5) is 28.5. The van der Waals surface area contributed by atoms with Crippen molar-refractivity contribution in [2.45, 2.75) is 32.0 Å². The number of nitrogens with one attached hydrogen (secondary N) is 1. The second-order valence-electron chi connectivity index (χ2n) is 7.40. The van der Waals surface area contributed by atoms with E-state index in [0.717, 1.165) is 30.5 Å². The van der Waals surface area contributed by atoms with Gasteiger partial charge in [-0.15, -0.1) is 10.2 Å². The molecule has 2 aromatic rings. The molecule has 2 amide bonds. The summed E-state index contributed by atoms with van der Waals surface area (Å²) in [6.07, 6.45) is 0.935. The number of hydrogen-bond acceptors (Lipinski definition) is 6. The van der Waals surface area contributed by atoms with Crippen molar-refractivity contribution in [3.63, 3.8) is 0 Å². The Balaban J connectivity index is 1.46. The molecule has 1 aliphatic rings. The van der Waals surface area contributed by atoms with Gasteiger partial charge in [0.05, 0.1) is 18.8 Å². The third-order valence-electron chi connectivity index (χ3n) is 5.07. The third kappa shape index (κ3) is 6.30. The molecule has 1 N–H and O–H groups in total. The lowest BCUT2D eigenvalue weighted by atomic mass is 10.2. The molecule has 0 saturated carbocycles. The maximum absolute atomic E-state index is 12.7. The zero-order valence-electron chi connectivity index (χ0n) is 17.7. The van der Waals surface area contributed by atoms with E-state index in [0.29, 0.717) is 38.5 Å². The minimum absolute atomic E-state index is 0.0558. The molecular formula is C21H30N6O2S. The highest BCUT2D eigenvalue weighted by Crippen LogP contribution is 2.19. The van der Waals surface area contributed by atoms with E-state index in [1.807, 2.05) is 41.5 Å². The normalized spacial score (nSPS) is 14.7. The Morgan fingerprint density at radius 2 is 1.83 bits per heavy atom. The Hall–Kier alpha value is -2.39. The largest absolute Gasteiger partial charge is 0.355 e. The van der Waals surface area contributed by atoms with Gasteiger partial charge in [-0.1, -0.05) is 49.0 Å². The number of carbonyl (C=O) groups is 2. The topological polar surface area (TPSA) is 83.4 Å². The Bertz CT molecular complexity index is 833. The van der Waals surface area contributed by atoms with Gasteiger partial charge in [0.15, 0.2) is 5.16 Å². The van der Waals surface area contributed by atoms with E-state index in [1.165, 1.54) is 17.3 Å². The van der Waals surface area contributed by atoms with E-state index in [-0.39, 0.29) is 11.8 Å². The molecule has 2 heterocycles. The van der Waals surface area contributed by atoms with Crippen LogP contribution in [-0.2, 0) is 16.1 Å². The van der Waals surface area contributed by atoms with Crippen LogP contribution in [0.3, 0.4) is 0 Å². The fraction of sp³-hybridized carbons (Fsp3) is 0.524. The minimum Gasteiger partial charge on any atom is -0.355 e. The lowest BCUT2D eigenvalue weighted by Crippen LogP contribution is -2.51. The quantitative estimate of drug-likeness (QED) is 0.606. The number of benzene rings is 1. The smallest absolute Gasteiger partial charge is 0.234 e. The van der Waals surface area contributed by atoms with Crippen LogP contribution in [0, 0.1) is 6.92 Å². The van der Waals surface area contributed by atoms with Gasteiger partial charge >= 0.3 is 0 Å². The van der Waals surface area contributed by atoms with Crippen LogP contribution in [0.4, 0.5) is 0 Å². The number of thioether (sulfide) groups is 1. The van der Waals surface area contributed by atoms with Crippen LogP contribution >= 0.6 is 11.8 Å². The van der Waals surface area contributed by atoms with Crippen molar-refractivity contribution in [1.29, 1.82) is 0 Å². The first-order chi connectivity index (χ1) is 14.6. The Morgan fingerprint density at radius 3 is 2.53 bits per heavy atom. The Morgan fingerprint density at radius 1 is 1.10 bits per heavy atom. The molecule has 1 aliphatic heterocycles. The van der Waals surface area contributed by atoms with Gasteiger partial charge in [-0.3, -0.25) is 14.5 Å². The molecule has 1 aromatic carbocycles. The number of nitrogens with zero attached hydrogens (tertiary/aromatic N) is 5. The standard InChI is InChI=1S/C21H30N6O2S/c1-3-9-22-19(28)15-25-10-12-26(13-11-25)20(29)16-30-21-24-23-17(2)27(21)14-18-7-5-4-6-8-18/h4-8H,3,9-16H2,1-2H3,(H,22,28). The lowest BCUT2D eigenvalue weighted by molar-refractivity contribution is -0.130.